The molecular formula is C61H111N3O6. The molecule has 0 heterocycles. The summed E-state index contributed by atoms with van der Waals surface area (Å²) in [4.78, 5) is 26.9. The number of nitrogens with zero attached hydrogens (tertiary/aromatic N) is 1. The molecule has 406 valence electrons. The standard InChI is InChI=1S/C61H111N3O6/c1-9-11-13-15-17-19-21-23-25-27-29-31-33-35-37-43-51-67-56-46-45-55(53-57(56)68-52-44-38-36-34-32-30-28-26-24-22-20-18-16-14-12-10-2)54-62-47-39-41-49-64(59(66)70-61(6,7)8)50-42-40-48-63-58(65)69-60(3,4)5/h23-26,45-46,53,62H,9-22,27-44,47-52,54H2,1-8H3,(H,63,65). The second kappa shape index (κ2) is 44.5. The molecule has 0 unspecified atom stereocenters. The summed E-state index contributed by atoms with van der Waals surface area (Å²) >= 11 is 0. The summed E-state index contributed by atoms with van der Waals surface area (Å²) in [5, 5.41) is 6.42. The van der Waals surface area contributed by atoms with Gasteiger partial charge in [0.25, 0.3) is 0 Å². The third-order valence-corrected chi connectivity index (χ3v) is 12.4. The molecule has 70 heavy (non-hydrogen) atoms. The highest BCUT2D eigenvalue weighted by Crippen LogP contribution is 2.29. The maximum atomic E-state index is 13.1. The van der Waals surface area contributed by atoms with Crippen molar-refractivity contribution in [2.24, 2.45) is 0 Å². The predicted molar refractivity (Wildman–Crippen MR) is 299 cm³/mol. The van der Waals surface area contributed by atoms with Crippen LogP contribution < -0.4 is 20.1 Å². The van der Waals surface area contributed by atoms with Crippen LogP contribution in [0.1, 0.15) is 266 Å². The van der Waals surface area contributed by atoms with Gasteiger partial charge < -0.3 is 34.5 Å². The van der Waals surface area contributed by atoms with E-state index in [1.807, 2.05) is 41.5 Å². The number of carbonyl (C=O) groups excluding carboxylic acids is 2. The summed E-state index contributed by atoms with van der Waals surface area (Å²) < 4.78 is 23.9. The van der Waals surface area contributed by atoms with Crippen LogP contribution >= 0.6 is 0 Å². The Hall–Kier alpha value is -3.20. The van der Waals surface area contributed by atoms with Crippen LogP contribution in [0.15, 0.2) is 42.5 Å². The van der Waals surface area contributed by atoms with Crippen molar-refractivity contribution >= 4 is 12.2 Å². The van der Waals surface area contributed by atoms with Crippen molar-refractivity contribution in [1.29, 1.82) is 0 Å². The van der Waals surface area contributed by atoms with E-state index < -0.39 is 17.3 Å². The second-order valence-corrected chi connectivity index (χ2v) is 21.8. The maximum Gasteiger partial charge on any atom is 0.410 e. The zero-order valence-corrected chi connectivity index (χ0v) is 47.0. The van der Waals surface area contributed by atoms with E-state index in [-0.39, 0.29) is 6.09 Å². The number of hydrogen-bond acceptors (Lipinski definition) is 7. The summed E-state index contributed by atoms with van der Waals surface area (Å²) in [7, 11) is 0. The van der Waals surface area contributed by atoms with Crippen molar-refractivity contribution in [3.63, 3.8) is 0 Å². The van der Waals surface area contributed by atoms with E-state index in [4.69, 9.17) is 18.9 Å². The Morgan fingerprint density at radius 1 is 0.486 bits per heavy atom. The lowest BCUT2D eigenvalue weighted by Crippen LogP contribution is -2.38. The van der Waals surface area contributed by atoms with E-state index >= 15 is 0 Å². The van der Waals surface area contributed by atoms with Gasteiger partial charge in [-0.05, 0) is 156 Å². The number of benzene rings is 1. The van der Waals surface area contributed by atoms with Gasteiger partial charge in [0.2, 0.25) is 0 Å². The third kappa shape index (κ3) is 42.5. The van der Waals surface area contributed by atoms with E-state index in [0.29, 0.717) is 32.8 Å². The summed E-state index contributed by atoms with van der Waals surface area (Å²) in [5.74, 6) is 1.70. The molecule has 2 amide bonds. The van der Waals surface area contributed by atoms with Crippen molar-refractivity contribution in [2.75, 3.05) is 39.4 Å². The van der Waals surface area contributed by atoms with Crippen molar-refractivity contribution < 1.29 is 28.5 Å². The molecule has 0 aliphatic carbocycles. The topological polar surface area (TPSA) is 98.4 Å². The molecule has 0 aliphatic rings. The highest BCUT2D eigenvalue weighted by atomic mass is 16.6. The molecule has 0 radical (unpaired) electrons. The number of nitrogens with one attached hydrogen (secondary N) is 2. The Morgan fingerprint density at radius 3 is 1.36 bits per heavy atom. The fraction of sp³-hybridized carbons (Fsp3) is 0.803. The first-order chi connectivity index (χ1) is 33.8. The van der Waals surface area contributed by atoms with Gasteiger partial charge in [-0.15, -0.1) is 0 Å². The van der Waals surface area contributed by atoms with Gasteiger partial charge in [0, 0.05) is 26.2 Å². The van der Waals surface area contributed by atoms with Gasteiger partial charge in [-0.2, -0.15) is 0 Å². The fourth-order valence-electron chi connectivity index (χ4n) is 8.30. The van der Waals surface area contributed by atoms with Crippen LogP contribution in [0, 0.1) is 0 Å². The lowest BCUT2D eigenvalue weighted by Gasteiger charge is -2.27. The average Bonchev–Trinajstić information content (AvgIpc) is 3.30. The molecule has 0 fully saturated rings. The minimum Gasteiger partial charge on any atom is -0.490 e. The number of amides is 2. The summed E-state index contributed by atoms with van der Waals surface area (Å²) in [6.45, 7) is 20.5. The highest BCUT2D eigenvalue weighted by molar-refractivity contribution is 5.68. The van der Waals surface area contributed by atoms with E-state index in [1.54, 1.807) is 4.90 Å². The van der Waals surface area contributed by atoms with Crippen LogP contribution in [0.25, 0.3) is 0 Å². The first-order valence-corrected chi connectivity index (χ1v) is 29.2. The van der Waals surface area contributed by atoms with Gasteiger partial charge in [0.1, 0.15) is 11.2 Å². The molecule has 9 heteroatoms. The summed E-state index contributed by atoms with van der Waals surface area (Å²) in [5.41, 5.74) is 0.0822. The van der Waals surface area contributed by atoms with Crippen molar-refractivity contribution in [3.8, 4) is 11.5 Å². The molecule has 0 bridgehead atoms. The minimum atomic E-state index is -0.563. The molecule has 2 N–H and O–H groups in total. The Morgan fingerprint density at radius 2 is 0.900 bits per heavy atom. The van der Waals surface area contributed by atoms with Gasteiger partial charge in [-0.1, -0.05) is 160 Å². The second-order valence-electron chi connectivity index (χ2n) is 21.8. The molecule has 1 rings (SSSR count). The Kier molecular flexibility index (Phi) is 41.2. The van der Waals surface area contributed by atoms with E-state index in [0.717, 1.165) is 63.1 Å². The number of rotatable bonds is 46. The molecule has 9 nitrogen and oxygen atoms in total. The normalized spacial score (nSPS) is 12.0. The van der Waals surface area contributed by atoms with Gasteiger partial charge in [0.05, 0.1) is 13.2 Å². The smallest absolute Gasteiger partial charge is 0.410 e. The summed E-state index contributed by atoms with van der Waals surface area (Å²) in [6.07, 6.45) is 48.5. The van der Waals surface area contributed by atoms with Crippen molar-refractivity contribution in [3.05, 3.63) is 48.1 Å². The Labute approximate surface area is 432 Å². The Balaban J connectivity index is 2.55. The highest BCUT2D eigenvalue weighted by Gasteiger charge is 2.22. The monoisotopic (exact) mass is 982 g/mol. The van der Waals surface area contributed by atoms with E-state index in [2.05, 4.69) is 67.0 Å². The molecule has 0 saturated heterocycles. The SMILES string of the molecule is CCCCCCCCC=CCCCCCCCCOc1ccc(CNCCCCN(CCCCNC(=O)OC(C)(C)C)C(=O)OC(C)(C)C)cc1OCCCCCCCCC=CCCCCCCCC. The zero-order chi connectivity index (χ0) is 51.2. The number of ether oxygens (including phenoxy) is 4. The predicted octanol–water partition coefficient (Wildman–Crippen LogP) is 17.9. The van der Waals surface area contributed by atoms with Crippen LogP contribution in [0.3, 0.4) is 0 Å². The van der Waals surface area contributed by atoms with Crippen LogP contribution in [0.2, 0.25) is 0 Å². The van der Waals surface area contributed by atoms with Gasteiger partial charge >= 0.3 is 12.2 Å². The minimum absolute atomic E-state index is 0.291. The van der Waals surface area contributed by atoms with Crippen LogP contribution in [0.4, 0.5) is 9.59 Å². The van der Waals surface area contributed by atoms with Gasteiger partial charge in [0.15, 0.2) is 11.5 Å². The fourth-order valence-corrected chi connectivity index (χ4v) is 8.30. The van der Waals surface area contributed by atoms with Crippen LogP contribution in [-0.2, 0) is 16.0 Å². The molecule has 1 aromatic rings. The zero-order valence-electron chi connectivity index (χ0n) is 47.0. The quantitative estimate of drug-likeness (QED) is 0.0496. The molecular weight excluding hydrogens is 871 g/mol. The molecule has 0 spiro atoms. The third-order valence-electron chi connectivity index (χ3n) is 12.4. The van der Waals surface area contributed by atoms with Crippen molar-refractivity contribution in [2.45, 2.75) is 279 Å². The molecule has 0 atom stereocenters. The number of carbonyl (C=O) groups is 2. The van der Waals surface area contributed by atoms with E-state index in [1.165, 1.54) is 173 Å². The Bertz CT molecular complexity index is 1430. The van der Waals surface area contributed by atoms with Crippen molar-refractivity contribution in [1.82, 2.24) is 15.5 Å². The first kappa shape index (κ1) is 64.8. The van der Waals surface area contributed by atoms with Gasteiger partial charge in [-0.3, -0.25) is 0 Å². The lowest BCUT2D eigenvalue weighted by atomic mass is 10.1. The number of hydrogen-bond donors (Lipinski definition) is 2. The van der Waals surface area contributed by atoms with Crippen LogP contribution in [0.5, 0.6) is 11.5 Å². The molecule has 0 aliphatic heterocycles. The first-order valence-electron chi connectivity index (χ1n) is 29.2. The lowest BCUT2D eigenvalue weighted by molar-refractivity contribution is 0.0242. The molecule has 1 aromatic carbocycles. The molecule has 0 aromatic heterocycles. The number of allylic oxidation sites excluding steroid dienone is 4. The van der Waals surface area contributed by atoms with Crippen LogP contribution in [-0.4, -0.2) is 67.7 Å². The largest absolute Gasteiger partial charge is 0.490 e. The maximum absolute atomic E-state index is 13.1. The number of alkyl carbamates (subject to hydrolysis) is 1. The average molecular weight is 983 g/mol. The summed E-state index contributed by atoms with van der Waals surface area (Å²) in [6, 6.07) is 6.41. The molecule has 0 saturated carbocycles. The van der Waals surface area contributed by atoms with Gasteiger partial charge in [-0.25, -0.2) is 9.59 Å². The van der Waals surface area contributed by atoms with E-state index in [9.17, 15) is 9.59 Å². The number of unbranched alkanes of at least 4 members (excludes halogenated alkanes) is 26.